The number of aryl methyl sites for hydroxylation is 1. The lowest BCUT2D eigenvalue weighted by Crippen LogP contribution is -2.50. The summed E-state index contributed by atoms with van der Waals surface area (Å²) in [5.41, 5.74) is 2.39. The van der Waals surface area contributed by atoms with Crippen molar-refractivity contribution in [2.45, 2.75) is 33.4 Å². The highest BCUT2D eigenvalue weighted by atomic mass is 16.5. The molecule has 2 amide bonds. The van der Waals surface area contributed by atoms with Crippen LogP contribution in [0.3, 0.4) is 0 Å². The van der Waals surface area contributed by atoms with Gasteiger partial charge in [-0.25, -0.2) is 0 Å². The van der Waals surface area contributed by atoms with Gasteiger partial charge in [0.15, 0.2) is 0 Å². The maximum absolute atomic E-state index is 12.5. The largest absolute Gasteiger partial charge is 0.460 e. The molecule has 6 heteroatoms. The molecule has 6 nitrogen and oxygen atoms in total. The van der Waals surface area contributed by atoms with Crippen LogP contribution in [-0.2, 0) is 20.9 Å². The van der Waals surface area contributed by atoms with Crippen molar-refractivity contribution in [2.24, 2.45) is 5.92 Å². The van der Waals surface area contributed by atoms with Gasteiger partial charge in [-0.15, -0.1) is 0 Å². The lowest BCUT2D eigenvalue weighted by atomic mass is 10.0. The van der Waals surface area contributed by atoms with E-state index in [9.17, 15) is 14.4 Å². The normalized spacial score (nSPS) is 11.6. The molecule has 2 aromatic carbocycles. The van der Waals surface area contributed by atoms with Crippen molar-refractivity contribution >= 4 is 17.8 Å². The number of rotatable bonds is 8. The molecule has 0 radical (unpaired) electrons. The first-order chi connectivity index (χ1) is 13.4. The summed E-state index contributed by atoms with van der Waals surface area (Å²) in [6.07, 6.45) is 0. The van der Waals surface area contributed by atoms with Gasteiger partial charge in [0.1, 0.15) is 19.2 Å². The molecule has 0 fully saturated rings. The van der Waals surface area contributed by atoms with Crippen LogP contribution in [-0.4, -0.2) is 30.4 Å². The van der Waals surface area contributed by atoms with Gasteiger partial charge in [-0.1, -0.05) is 61.9 Å². The van der Waals surface area contributed by atoms with Gasteiger partial charge in [0.2, 0.25) is 5.91 Å². The Morgan fingerprint density at radius 3 is 2.21 bits per heavy atom. The third-order valence-corrected chi connectivity index (χ3v) is 4.20. The predicted octanol–water partition coefficient (Wildman–Crippen LogP) is 2.61. The zero-order valence-corrected chi connectivity index (χ0v) is 16.4. The van der Waals surface area contributed by atoms with Crippen molar-refractivity contribution in [3.63, 3.8) is 0 Å². The molecule has 0 aliphatic carbocycles. The van der Waals surface area contributed by atoms with Crippen LogP contribution in [0.25, 0.3) is 0 Å². The molecule has 2 N–H and O–H groups in total. The second-order valence-corrected chi connectivity index (χ2v) is 6.93. The second kappa shape index (κ2) is 10.3. The van der Waals surface area contributed by atoms with Gasteiger partial charge in [-0.3, -0.25) is 14.4 Å². The van der Waals surface area contributed by atoms with Gasteiger partial charge >= 0.3 is 5.97 Å². The van der Waals surface area contributed by atoms with Crippen molar-refractivity contribution in [1.82, 2.24) is 10.6 Å². The van der Waals surface area contributed by atoms with Crippen LogP contribution in [0.15, 0.2) is 54.6 Å². The number of hydrogen-bond donors (Lipinski definition) is 2. The van der Waals surface area contributed by atoms with E-state index >= 15 is 0 Å². The van der Waals surface area contributed by atoms with Crippen LogP contribution in [0.5, 0.6) is 0 Å². The summed E-state index contributed by atoms with van der Waals surface area (Å²) in [5, 5.41) is 5.27. The van der Waals surface area contributed by atoms with Gasteiger partial charge in [0.25, 0.3) is 5.91 Å². The highest BCUT2D eigenvalue weighted by Gasteiger charge is 2.25. The van der Waals surface area contributed by atoms with Gasteiger partial charge in [-0.2, -0.15) is 0 Å². The summed E-state index contributed by atoms with van der Waals surface area (Å²) in [4.78, 5) is 36.7. The minimum atomic E-state index is -0.754. The standard InChI is InChI=1S/C22H26N2O4/c1-15(2)20(24-21(26)18-11-9-16(3)10-12-18)22(27)23-13-19(25)28-14-17-7-5-4-6-8-17/h4-12,15,20H,13-14H2,1-3H3,(H,23,27)(H,24,26)/t20-/m0/s1. The predicted molar refractivity (Wildman–Crippen MR) is 107 cm³/mol. The van der Waals surface area contributed by atoms with E-state index in [1.165, 1.54) is 0 Å². The average Bonchev–Trinajstić information content (AvgIpc) is 2.69. The lowest BCUT2D eigenvalue weighted by Gasteiger charge is -2.21. The van der Waals surface area contributed by atoms with E-state index in [1.54, 1.807) is 12.1 Å². The number of ether oxygens (including phenoxy) is 1. The third kappa shape index (κ3) is 6.54. The van der Waals surface area contributed by atoms with Crippen LogP contribution >= 0.6 is 0 Å². The summed E-state index contributed by atoms with van der Waals surface area (Å²) in [7, 11) is 0. The Bertz CT molecular complexity index is 801. The van der Waals surface area contributed by atoms with Gasteiger partial charge < -0.3 is 15.4 Å². The number of carbonyl (C=O) groups is 3. The van der Waals surface area contributed by atoms with Gasteiger partial charge in [-0.05, 0) is 30.5 Å². The van der Waals surface area contributed by atoms with Crippen molar-refractivity contribution in [3.8, 4) is 0 Å². The van der Waals surface area contributed by atoms with E-state index in [4.69, 9.17) is 4.74 Å². The van der Waals surface area contributed by atoms with E-state index in [0.717, 1.165) is 11.1 Å². The molecular formula is C22H26N2O4. The molecule has 0 spiro atoms. The summed E-state index contributed by atoms with van der Waals surface area (Å²) in [5.74, 6) is -1.44. The number of carbonyl (C=O) groups excluding carboxylic acids is 3. The number of esters is 1. The Balaban J connectivity index is 1.85. The van der Waals surface area contributed by atoms with Crippen LogP contribution < -0.4 is 10.6 Å². The van der Waals surface area contributed by atoms with Crippen molar-refractivity contribution in [3.05, 3.63) is 71.3 Å². The second-order valence-electron chi connectivity index (χ2n) is 6.93. The lowest BCUT2D eigenvalue weighted by molar-refractivity contribution is -0.145. The smallest absolute Gasteiger partial charge is 0.325 e. The van der Waals surface area contributed by atoms with Crippen LogP contribution in [0.4, 0.5) is 0 Å². The first-order valence-corrected chi connectivity index (χ1v) is 9.21. The quantitative estimate of drug-likeness (QED) is 0.688. The van der Waals surface area contributed by atoms with Crippen molar-refractivity contribution in [2.75, 3.05) is 6.54 Å². The zero-order valence-electron chi connectivity index (χ0n) is 16.4. The Labute approximate surface area is 165 Å². The fourth-order valence-corrected chi connectivity index (χ4v) is 2.52. The Morgan fingerprint density at radius 1 is 0.964 bits per heavy atom. The van der Waals surface area contributed by atoms with E-state index < -0.39 is 17.9 Å². The van der Waals surface area contributed by atoms with Gasteiger partial charge in [0, 0.05) is 5.56 Å². The highest BCUT2D eigenvalue weighted by Crippen LogP contribution is 2.07. The SMILES string of the molecule is Cc1ccc(C(=O)N[C@H](C(=O)NCC(=O)OCc2ccccc2)C(C)C)cc1. The molecule has 0 aliphatic rings. The summed E-state index contributed by atoms with van der Waals surface area (Å²) < 4.78 is 5.14. The molecule has 0 aromatic heterocycles. The zero-order chi connectivity index (χ0) is 20.5. The minimum absolute atomic E-state index is 0.144. The molecule has 2 rings (SSSR count). The number of amides is 2. The molecular weight excluding hydrogens is 356 g/mol. The number of benzene rings is 2. The first kappa shape index (κ1) is 21.2. The van der Waals surface area contributed by atoms with Gasteiger partial charge in [0.05, 0.1) is 0 Å². The Hall–Kier alpha value is -3.15. The first-order valence-electron chi connectivity index (χ1n) is 9.21. The molecule has 0 saturated carbocycles. The topological polar surface area (TPSA) is 84.5 Å². The minimum Gasteiger partial charge on any atom is -0.460 e. The van der Waals surface area contributed by atoms with Crippen molar-refractivity contribution in [1.29, 1.82) is 0 Å². The summed E-state index contributed by atoms with van der Waals surface area (Å²) in [6.45, 7) is 5.48. The molecule has 0 aliphatic heterocycles. The molecule has 0 bridgehead atoms. The third-order valence-electron chi connectivity index (χ3n) is 4.20. The summed E-state index contributed by atoms with van der Waals surface area (Å²) >= 11 is 0. The maximum Gasteiger partial charge on any atom is 0.325 e. The van der Waals surface area contributed by atoms with E-state index in [1.807, 2.05) is 63.2 Å². The van der Waals surface area contributed by atoms with Crippen LogP contribution in [0.2, 0.25) is 0 Å². The van der Waals surface area contributed by atoms with Crippen molar-refractivity contribution < 1.29 is 19.1 Å². The molecule has 0 saturated heterocycles. The van der Waals surface area contributed by atoms with Crippen LogP contribution in [0.1, 0.15) is 35.3 Å². The summed E-state index contributed by atoms with van der Waals surface area (Å²) in [6, 6.07) is 15.6. The molecule has 0 unspecified atom stereocenters. The molecule has 0 heterocycles. The molecule has 2 aromatic rings. The monoisotopic (exact) mass is 382 g/mol. The number of nitrogens with one attached hydrogen (secondary N) is 2. The average molecular weight is 382 g/mol. The molecule has 1 atom stereocenters. The fourth-order valence-electron chi connectivity index (χ4n) is 2.52. The molecule has 148 valence electrons. The Morgan fingerprint density at radius 2 is 1.61 bits per heavy atom. The Kier molecular flexibility index (Phi) is 7.75. The highest BCUT2D eigenvalue weighted by molar-refractivity contribution is 5.98. The van der Waals surface area contributed by atoms with Crippen LogP contribution in [0, 0.1) is 12.8 Å². The fraction of sp³-hybridized carbons (Fsp3) is 0.318. The van der Waals surface area contributed by atoms with E-state index in [0.29, 0.717) is 5.56 Å². The van der Waals surface area contributed by atoms with E-state index in [2.05, 4.69) is 10.6 Å². The number of hydrogen-bond acceptors (Lipinski definition) is 4. The maximum atomic E-state index is 12.5. The molecule has 28 heavy (non-hydrogen) atoms. The van der Waals surface area contributed by atoms with E-state index in [-0.39, 0.29) is 25.0 Å².